The summed E-state index contributed by atoms with van der Waals surface area (Å²) in [4.78, 5) is 11.8. The van der Waals surface area contributed by atoms with E-state index in [4.69, 9.17) is 4.98 Å². The number of imidazole rings is 1. The van der Waals surface area contributed by atoms with Crippen molar-refractivity contribution in [3.63, 3.8) is 0 Å². The molecule has 0 saturated carbocycles. The molecule has 1 fully saturated rings. The lowest BCUT2D eigenvalue weighted by molar-refractivity contribution is 0.336. The number of hydrogen-bond acceptors (Lipinski definition) is 3. The highest BCUT2D eigenvalue weighted by Crippen LogP contribution is 2.30. The van der Waals surface area contributed by atoms with Gasteiger partial charge in [0.2, 0.25) is 0 Å². The fourth-order valence-electron chi connectivity index (χ4n) is 3.06. The van der Waals surface area contributed by atoms with Crippen LogP contribution in [0.4, 0.5) is 0 Å². The number of hydrogen-bond donors (Lipinski definition) is 0. The molecule has 0 bridgehead atoms. The maximum absolute atomic E-state index is 4.89. The Kier molecular flexibility index (Phi) is 3.28. The molecule has 4 nitrogen and oxygen atoms in total. The van der Waals surface area contributed by atoms with Crippen molar-refractivity contribution in [3.8, 4) is 0 Å². The summed E-state index contributed by atoms with van der Waals surface area (Å²) in [5.41, 5.74) is 2.29. The number of likely N-dealkylation sites (tertiary alicyclic amines) is 1. The Morgan fingerprint density at radius 3 is 2.80 bits per heavy atom. The third-order valence-corrected chi connectivity index (χ3v) is 3.92. The molecule has 0 aromatic carbocycles. The highest BCUT2D eigenvalue weighted by molar-refractivity contribution is 5.71. The van der Waals surface area contributed by atoms with Gasteiger partial charge in [-0.25, -0.2) is 9.97 Å². The Labute approximate surface area is 120 Å². The molecule has 2 aromatic rings. The fourth-order valence-corrected chi connectivity index (χ4v) is 3.06. The zero-order valence-electron chi connectivity index (χ0n) is 12.9. The number of likely N-dealkylation sites (N-methyl/N-ethyl adjacent to an activating group) is 1. The van der Waals surface area contributed by atoms with E-state index >= 15 is 0 Å². The number of fused-ring (bicyclic) bond motifs is 1. The topological polar surface area (TPSA) is 34.0 Å². The number of pyridine rings is 1. The lowest BCUT2D eigenvalue weighted by atomic mass is 9.96. The van der Waals surface area contributed by atoms with Gasteiger partial charge in [0, 0.05) is 25.2 Å². The van der Waals surface area contributed by atoms with E-state index in [1.165, 1.54) is 12.2 Å². The van der Waals surface area contributed by atoms with Crippen LogP contribution < -0.4 is 0 Å². The van der Waals surface area contributed by atoms with Gasteiger partial charge in [0.1, 0.15) is 11.3 Å². The van der Waals surface area contributed by atoms with Crippen LogP contribution in [0, 0.1) is 5.41 Å². The van der Waals surface area contributed by atoms with Crippen LogP contribution in [0.15, 0.2) is 18.3 Å². The van der Waals surface area contributed by atoms with Crippen LogP contribution in [0.1, 0.15) is 38.9 Å². The van der Waals surface area contributed by atoms with Crippen LogP contribution in [-0.4, -0.2) is 39.6 Å². The molecule has 3 rings (SSSR count). The van der Waals surface area contributed by atoms with Gasteiger partial charge in [-0.1, -0.05) is 20.8 Å². The average molecular weight is 272 g/mol. The normalized spacial score (nSPS) is 20.9. The Bertz CT molecular complexity index is 608. The number of nitrogens with zero attached hydrogens (tertiary/aromatic N) is 4. The third-order valence-electron chi connectivity index (χ3n) is 3.92. The number of rotatable bonds is 2. The van der Waals surface area contributed by atoms with E-state index in [0.29, 0.717) is 5.92 Å². The van der Waals surface area contributed by atoms with Gasteiger partial charge in [0.05, 0.1) is 0 Å². The monoisotopic (exact) mass is 272 g/mol. The lowest BCUT2D eigenvalue weighted by Crippen LogP contribution is -2.20. The minimum absolute atomic E-state index is 0.227. The van der Waals surface area contributed by atoms with E-state index < -0.39 is 0 Å². The Hall–Kier alpha value is -1.42. The lowest BCUT2D eigenvalue weighted by Gasteiger charge is -2.22. The van der Waals surface area contributed by atoms with Crippen LogP contribution in [0.5, 0.6) is 0 Å². The van der Waals surface area contributed by atoms with Crippen LogP contribution >= 0.6 is 0 Å². The van der Waals surface area contributed by atoms with E-state index in [2.05, 4.69) is 48.3 Å². The Balaban J connectivity index is 2.07. The second-order valence-electron chi connectivity index (χ2n) is 7.21. The van der Waals surface area contributed by atoms with Crippen molar-refractivity contribution in [1.29, 1.82) is 0 Å². The highest BCUT2D eigenvalue weighted by atomic mass is 15.2. The minimum Gasteiger partial charge on any atom is -0.312 e. The summed E-state index contributed by atoms with van der Waals surface area (Å²) >= 11 is 0. The van der Waals surface area contributed by atoms with Gasteiger partial charge in [-0.3, -0.25) is 0 Å². The van der Waals surface area contributed by atoms with Gasteiger partial charge in [-0.15, -0.1) is 0 Å². The minimum atomic E-state index is 0.227. The van der Waals surface area contributed by atoms with E-state index in [-0.39, 0.29) is 5.41 Å². The first-order valence-electron chi connectivity index (χ1n) is 7.44. The van der Waals surface area contributed by atoms with Crippen molar-refractivity contribution in [1.82, 2.24) is 19.4 Å². The molecule has 1 saturated heterocycles. The van der Waals surface area contributed by atoms with Gasteiger partial charge >= 0.3 is 0 Å². The molecule has 0 amide bonds. The van der Waals surface area contributed by atoms with E-state index in [9.17, 15) is 0 Å². The summed E-state index contributed by atoms with van der Waals surface area (Å²) in [6, 6.07) is 4.05. The summed E-state index contributed by atoms with van der Waals surface area (Å²) < 4.78 is 2.35. The van der Waals surface area contributed by atoms with Crippen LogP contribution in [-0.2, 0) is 6.54 Å². The SMILES string of the molecule is CN1CCC(c2nc3cccnc3n2CC(C)(C)C)C1. The molecule has 0 radical (unpaired) electrons. The molecule has 0 spiro atoms. The van der Waals surface area contributed by atoms with Gasteiger partial charge < -0.3 is 9.47 Å². The quantitative estimate of drug-likeness (QED) is 0.843. The van der Waals surface area contributed by atoms with E-state index in [0.717, 1.165) is 30.8 Å². The molecular weight excluding hydrogens is 248 g/mol. The molecule has 1 aliphatic rings. The largest absolute Gasteiger partial charge is 0.312 e. The average Bonchev–Trinajstić information content (AvgIpc) is 2.93. The molecule has 3 heterocycles. The fraction of sp³-hybridized carbons (Fsp3) is 0.625. The first-order chi connectivity index (χ1) is 9.44. The molecule has 1 atom stereocenters. The van der Waals surface area contributed by atoms with Crippen LogP contribution in [0.2, 0.25) is 0 Å². The van der Waals surface area contributed by atoms with Gasteiger partial charge in [-0.2, -0.15) is 0 Å². The van der Waals surface area contributed by atoms with Crippen LogP contribution in [0.3, 0.4) is 0 Å². The van der Waals surface area contributed by atoms with Gasteiger partial charge in [-0.05, 0) is 37.6 Å². The van der Waals surface area contributed by atoms with Gasteiger partial charge in [0.25, 0.3) is 0 Å². The molecule has 1 aliphatic heterocycles. The first-order valence-corrected chi connectivity index (χ1v) is 7.44. The maximum Gasteiger partial charge on any atom is 0.160 e. The van der Waals surface area contributed by atoms with Crippen molar-refractivity contribution < 1.29 is 0 Å². The standard InChI is InChI=1S/C16H24N4/c1-16(2,3)11-20-14(12-7-9-19(4)10-12)18-13-6-5-8-17-15(13)20/h5-6,8,12H,7,9-11H2,1-4H3. The molecular formula is C16H24N4. The maximum atomic E-state index is 4.89. The molecule has 108 valence electrons. The Morgan fingerprint density at radius 1 is 1.35 bits per heavy atom. The number of aromatic nitrogens is 3. The third kappa shape index (κ3) is 2.57. The smallest absolute Gasteiger partial charge is 0.160 e. The Morgan fingerprint density at radius 2 is 2.15 bits per heavy atom. The summed E-state index contributed by atoms with van der Waals surface area (Å²) in [5, 5.41) is 0. The molecule has 20 heavy (non-hydrogen) atoms. The van der Waals surface area contributed by atoms with E-state index in [1.807, 2.05) is 12.3 Å². The van der Waals surface area contributed by atoms with Gasteiger partial charge in [0.15, 0.2) is 5.65 Å². The molecule has 2 aromatic heterocycles. The molecule has 4 heteroatoms. The molecule has 0 N–H and O–H groups in total. The zero-order valence-corrected chi connectivity index (χ0v) is 12.9. The predicted molar refractivity (Wildman–Crippen MR) is 81.8 cm³/mol. The summed E-state index contributed by atoms with van der Waals surface area (Å²) in [7, 11) is 2.19. The predicted octanol–water partition coefficient (Wildman–Crippen LogP) is 2.90. The van der Waals surface area contributed by atoms with Crippen molar-refractivity contribution in [3.05, 3.63) is 24.2 Å². The van der Waals surface area contributed by atoms with Crippen molar-refractivity contribution in [2.24, 2.45) is 5.41 Å². The summed E-state index contributed by atoms with van der Waals surface area (Å²) in [5.74, 6) is 1.76. The van der Waals surface area contributed by atoms with E-state index in [1.54, 1.807) is 0 Å². The highest BCUT2D eigenvalue weighted by Gasteiger charge is 2.28. The second kappa shape index (κ2) is 4.85. The van der Waals surface area contributed by atoms with Crippen molar-refractivity contribution >= 4 is 11.2 Å². The molecule has 1 unspecified atom stereocenters. The second-order valence-corrected chi connectivity index (χ2v) is 7.21. The summed E-state index contributed by atoms with van der Waals surface area (Å²) in [6.07, 6.45) is 3.07. The van der Waals surface area contributed by atoms with Crippen molar-refractivity contribution in [2.75, 3.05) is 20.1 Å². The first kappa shape index (κ1) is 13.6. The van der Waals surface area contributed by atoms with Crippen molar-refractivity contribution in [2.45, 2.75) is 39.7 Å². The van der Waals surface area contributed by atoms with Crippen LogP contribution in [0.25, 0.3) is 11.2 Å². The summed E-state index contributed by atoms with van der Waals surface area (Å²) in [6.45, 7) is 10.0. The molecule has 0 aliphatic carbocycles. The zero-order chi connectivity index (χ0) is 14.3.